The Labute approximate surface area is 110 Å². The van der Waals surface area contributed by atoms with Crippen LogP contribution in [0.15, 0.2) is 6.20 Å². The second kappa shape index (κ2) is 4.96. The summed E-state index contributed by atoms with van der Waals surface area (Å²) in [4.78, 5) is 20.1. The SMILES string of the molecule is COC1(C)CCCN(c2nc(N)ncc2[N+](=O)[O-])C1. The average molecular weight is 267 g/mol. The van der Waals surface area contributed by atoms with Crippen molar-refractivity contribution in [1.29, 1.82) is 0 Å². The molecular formula is C11H17N5O3. The fourth-order valence-corrected chi connectivity index (χ4v) is 2.29. The first-order chi connectivity index (χ1) is 8.95. The van der Waals surface area contributed by atoms with Crippen LogP contribution in [-0.4, -0.2) is 40.7 Å². The van der Waals surface area contributed by atoms with Crippen molar-refractivity contribution in [2.45, 2.75) is 25.4 Å². The van der Waals surface area contributed by atoms with Crippen LogP contribution in [0.5, 0.6) is 0 Å². The molecule has 2 heterocycles. The predicted octanol–water partition coefficient (Wildman–Crippen LogP) is 0.972. The molecule has 0 aliphatic carbocycles. The summed E-state index contributed by atoms with van der Waals surface area (Å²) in [6.45, 7) is 3.21. The zero-order valence-corrected chi connectivity index (χ0v) is 11.0. The highest BCUT2D eigenvalue weighted by Crippen LogP contribution is 2.32. The second-order valence-corrected chi connectivity index (χ2v) is 4.87. The van der Waals surface area contributed by atoms with Crippen molar-refractivity contribution in [2.24, 2.45) is 0 Å². The quantitative estimate of drug-likeness (QED) is 0.642. The summed E-state index contributed by atoms with van der Waals surface area (Å²) in [5.74, 6) is 0.297. The maximum absolute atomic E-state index is 11.0. The number of nitro groups is 1. The van der Waals surface area contributed by atoms with Crippen molar-refractivity contribution in [1.82, 2.24) is 9.97 Å². The molecule has 19 heavy (non-hydrogen) atoms. The topological polar surface area (TPSA) is 107 Å². The van der Waals surface area contributed by atoms with Gasteiger partial charge in [-0.25, -0.2) is 4.98 Å². The Balaban J connectivity index is 2.35. The normalized spacial score (nSPS) is 23.4. The van der Waals surface area contributed by atoms with E-state index in [1.54, 1.807) is 7.11 Å². The molecule has 1 atom stereocenters. The van der Waals surface area contributed by atoms with E-state index < -0.39 is 4.92 Å². The Kier molecular flexibility index (Phi) is 3.52. The van der Waals surface area contributed by atoms with Gasteiger partial charge in [-0.1, -0.05) is 0 Å². The molecule has 0 saturated carbocycles. The van der Waals surface area contributed by atoms with Gasteiger partial charge in [0.25, 0.3) is 0 Å². The minimum absolute atomic E-state index is 0.0327. The van der Waals surface area contributed by atoms with Gasteiger partial charge in [-0.3, -0.25) is 10.1 Å². The summed E-state index contributed by atoms with van der Waals surface area (Å²) in [6.07, 6.45) is 2.94. The molecule has 0 amide bonds. The van der Waals surface area contributed by atoms with Crippen molar-refractivity contribution >= 4 is 17.5 Å². The first kappa shape index (κ1) is 13.5. The van der Waals surface area contributed by atoms with Crippen LogP contribution in [0.25, 0.3) is 0 Å². The number of hydrogen-bond acceptors (Lipinski definition) is 7. The number of aromatic nitrogens is 2. The van der Waals surface area contributed by atoms with Crippen LogP contribution < -0.4 is 10.6 Å². The lowest BCUT2D eigenvalue weighted by Gasteiger charge is -2.39. The molecule has 1 unspecified atom stereocenters. The number of anilines is 2. The van der Waals surface area contributed by atoms with E-state index in [-0.39, 0.29) is 23.1 Å². The second-order valence-electron chi connectivity index (χ2n) is 4.87. The molecule has 1 aromatic rings. The summed E-state index contributed by atoms with van der Waals surface area (Å²) in [7, 11) is 1.65. The van der Waals surface area contributed by atoms with Crippen molar-refractivity contribution < 1.29 is 9.66 Å². The van der Waals surface area contributed by atoms with E-state index in [1.165, 1.54) is 0 Å². The lowest BCUT2D eigenvalue weighted by atomic mass is 9.95. The van der Waals surface area contributed by atoms with Gasteiger partial charge in [-0.15, -0.1) is 0 Å². The molecule has 104 valence electrons. The Hall–Kier alpha value is -1.96. The van der Waals surface area contributed by atoms with Crippen LogP contribution >= 0.6 is 0 Å². The Bertz CT molecular complexity index is 495. The number of nitrogen functional groups attached to an aromatic ring is 1. The first-order valence-corrected chi connectivity index (χ1v) is 6.02. The van der Waals surface area contributed by atoms with E-state index in [0.717, 1.165) is 19.0 Å². The van der Waals surface area contributed by atoms with Crippen LogP contribution in [0.1, 0.15) is 19.8 Å². The number of rotatable bonds is 3. The molecule has 2 N–H and O–H groups in total. The smallest absolute Gasteiger partial charge is 0.329 e. The number of hydrogen-bond donors (Lipinski definition) is 1. The molecule has 1 saturated heterocycles. The van der Waals surface area contributed by atoms with Crippen LogP contribution in [0.3, 0.4) is 0 Å². The highest BCUT2D eigenvalue weighted by atomic mass is 16.6. The molecule has 1 aliphatic heterocycles. The van der Waals surface area contributed by atoms with Crippen LogP contribution in [0.4, 0.5) is 17.5 Å². The van der Waals surface area contributed by atoms with Gasteiger partial charge in [0, 0.05) is 20.2 Å². The van der Waals surface area contributed by atoms with Crippen molar-refractivity contribution in [3.8, 4) is 0 Å². The van der Waals surface area contributed by atoms with Gasteiger partial charge in [0.15, 0.2) is 0 Å². The van der Waals surface area contributed by atoms with Gasteiger partial charge in [-0.2, -0.15) is 4.98 Å². The molecule has 8 heteroatoms. The van der Waals surface area contributed by atoms with Crippen molar-refractivity contribution in [3.05, 3.63) is 16.3 Å². The van der Waals surface area contributed by atoms with Crippen LogP contribution in [0, 0.1) is 10.1 Å². The highest BCUT2D eigenvalue weighted by Gasteiger charge is 2.34. The molecule has 1 aliphatic rings. The number of nitrogens with two attached hydrogens (primary N) is 1. The van der Waals surface area contributed by atoms with E-state index in [0.29, 0.717) is 13.1 Å². The van der Waals surface area contributed by atoms with Gasteiger partial charge >= 0.3 is 5.69 Å². The summed E-state index contributed by atoms with van der Waals surface area (Å²) < 4.78 is 5.47. The maximum atomic E-state index is 11.0. The molecule has 1 fully saturated rings. The van der Waals surface area contributed by atoms with Gasteiger partial charge in [-0.05, 0) is 19.8 Å². The molecule has 1 aromatic heterocycles. The van der Waals surface area contributed by atoms with Gasteiger partial charge in [0.2, 0.25) is 11.8 Å². The molecule has 0 bridgehead atoms. The third kappa shape index (κ3) is 2.73. The monoisotopic (exact) mass is 267 g/mol. The standard InChI is InChI=1S/C11H17N5O3/c1-11(19-2)4-3-5-15(7-11)9-8(16(17)18)6-13-10(12)14-9/h6H,3-5,7H2,1-2H3,(H2,12,13,14). The van der Waals surface area contributed by atoms with Gasteiger partial charge in [0.1, 0.15) is 6.20 Å². The third-order valence-electron chi connectivity index (χ3n) is 3.42. The first-order valence-electron chi connectivity index (χ1n) is 6.02. The third-order valence-corrected chi connectivity index (χ3v) is 3.42. The number of methoxy groups -OCH3 is 1. The molecule has 0 spiro atoms. The van der Waals surface area contributed by atoms with E-state index >= 15 is 0 Å². The Morgan fingerprint density at radius 1 is 1.63 bits per heavy atom. The summed E-state index contributed by atoms with van der Waals surface area (Å²) in [5.41, 5.74) is 5.07. The van der Waals surface area contributed by atoms with E-state index in [1.807, 2.05) is 11.8 Å². The van der Waals surface area contributed by atoms with E-state index in [4.69, 9.17) is 10.5 Å². The minimum atomic E-state index is -0.493. The number of ether oxygens (including phenoxy) is 1. The fourth-order valence-electron chi connectivity index (χ4n) is 2.29. The molecule has 0 aromatic carbocycles. The predicted molar refractivity (Wildman–Crippen MR) is 70.0 cm³/mol. The largest absolute Gasteiger partial charge is 0.377 e. The van der Waals surface area contributed by atoms with Gasteiger partial charge in [0.05, 0.1) is 10.5 Å². The Morgan fingerprint density at radius 2 is 2.37 bits per heavy atom. The minimum Gasteiger partial charge on any atom is -0.377 e. The van der Waals surface area contributed by atoms with Crippen LogP contribution in [0.2, 0.25) is 0 Å². The summed E-state index contributed by atoms with van der Waals surface area (Å²) in [6, 6.07) is 0. The summed E-state index contributed by atoms with van der Waals surface area (Å²) in [5, 5.41) is 11.0. The number of nitrogens with zero attached hydrogens (tertiary/aromatic N) is 4. The van der Waals surface area contributed by atoms with Crippen LogP contribution in [-0.2, 0) is 4.74 Å². The lowest BCUT2D eigenvalue weighted by Crippen LogP contribution is -2.48. The zero-order valence-electron chi connectivity index (χ0n) is 11.0. The Morgan fingerprint density at radius 3 is 3.00 bits per heavy atom. The highest BCUT2D eigenvalue weighted by molar-refractivity contribution is 5.58. The van der Waals surface area contributed by atoms with Crippen molar-refractivity contribution in [3.63, 3.8) is 0 Å². The molecular weight excluding hydrogens is 250 g/mol. The van der Waals surface area contributed by atoms with Gasteiger partial charge < -0.3 is 15.4 Å². The summed E-state index contributed by atoms with van der Waals surface area (Å²) >= 11 is 0. The molecule has 0 radical (unpaired) electrons. The molecule has 2 rings (SSSR count). The maximum Gasteiger partial charge on any atom is 0.329 e. The van der Waals surface area contributed by atoms with E-state index in [9.17, 15) is 10.1 Å². The zero-order chi connectivity index (χ0) is 14.0. The fraction of sp³-hybridized carbons (Fsp3) is 0.636. The molecule has 8 nitrogen and oxygen atoms in total. The van der Waals surface area contributed by atoms with E-state index in [2.05, 4.69) is 9.97 Å². The average Bonchev–Trinajstić information content (AvgIpc) is 2.38. The number of piperidine rings is 1. The van der Waals surface area contributed by atoms with Crippen molar-refractivity contribution in [2.75, 3.05) is 30.8 Å². The lowest BCUT2D eigenvalue weighted by molar-refractivity contribution is -0.384.